The normalized spacial score (nSPS) is 12.4. The van der Waals surface area contributed by atoms with Crippen molar-refractivity contribution in [3.63, 3.8) is 0 Å². The summed E-state index contributed by atoms with van der Waals surface area (Å²) in [5.74, 6) is 0. The Bertz CT molecular complexity index is 596. The van der Waals surface area contributed by atoms with Gasteiger partial charge in [-0.25, -0.2) is 0 Å². The molecular formula is C18H23ClN2. The van der Waals surface area contributed by atoms with E-state index in [1.807, 2.05) is 18.3 Å². The van der Waals surface area contributed by atoms with Gasteiger partial charge in [-0.1, -0.05) is 30.7 Å². The van der Waals surface area contributed by atoms with Gasteiger partial charge >= 0.3 is 0 Å². The minimum Gasteiger partial charge on any atom is -0.308 e. The summed E-state index contributed by atoms with van der Waals surface area (Å²) in [7, 11) is 0. The molecule has 1 N–H and O–H groups in total. The Balaban J connectivity index is 2.23. The second-order valence-electron chi connectivity index (χ2n) is 5.56. The molecule has 1 heterocycles. The first-order valence-corrected chi connectivity index (χ1v) is 7.89. The molecule has 1 aromatic carbocycles. The topological polar surface area (TPSA) is 24.9 Å². The van der Waals surface area contributed by atoms with Crippen molar-refractivity contribution in [2.24, 2.45) is 0 Å². The molecule has 0 saturated heterocycles. The lowest BCUT2D eigenvalue weighted by molar-refractivity contribution is 0.517. The summed E-state index contributed by atoms with van der Waals surface area (Å²) >= 11 is 6.38. The van der Waals surface area contributed by atoms with Crippen molar-refractivity contribution >= 4 is 11.6 Å². The summed E-state index contributed by atoms with van der Waals surface area (Å²) in [6, 6.07) is 10.6. The van der Waals surface area contributed by atoms with Crippen LogP contribution in [0.4, 0.5) is 0 Å². The van der Waals surface area contributed by atoms with E-state index in [-0.39, 0.29) is 6.04 Å². The Morgan fingerprint density at radius 1 is 1.14 bits per heavy atom. The highest BCUT2D eigenvalue weighted by Crippen LogP contribution is 2.24. The summed E-state index contributed by atoms with van der Waals surface area (Å²) in [4.78, 5) is 4.53. The Morgan fingerprint density at radius 3 is 2.57 bits per heavy atom. The average Bonchev–Trinajstić information content (AvgIpc) is 2.45. The van der Waals surface area contributed by atoms with Crippen molar-refractivity contribution in [2.45, 2.75) is 39.7 Å². The van der Waals surface area contributed by atoms with Crippen molar-refractivity contribution in [2.75, 3.05) is 6.54 Å². The lowest BCUT2D eigenvalue weighted by Crippen LogP contribution is -2.25. The van der Waals surface area contributed by atoms with Crippen LogP contribution in [0.5, 0.6) is 0 Å². The van der Waals surface area contributed by atoms with E-state index >= 15 is 0 Å². The number of aryl methyl sites for hydroxylation is 2. The van der Waals surface area contributed by atoms with Gasteiger partial charge in [0.25, 0.3) is 0 Å². The number of halogens is 1. The van der Waals surface area contributed by atoms with E-state index in [9.17, 15) is 0 Å². The molecule has 0 saturated carbocycles. The van der Waals surface area contributed by atoms with Crippen molar-refractivity contribution in [1.29, 1.82) is 0 Å². The highest BCUT2D eigenvalue weighted by Gasteiger charge is 2.15. The zero-order valence-electron chi connectivity index (χ0n) is 13.0. The van der Waals surface area contributed by atoms with Gasteiger partial charge in [0.05, 0.1) is 11.7 Å². The zero-order valence-corrected chi connectivity index (χ0v) is 13.7. The van der Waals surface area contributed by atoms with E-state index in [0.717, 1.165) is 30.1 Å². The Kier molecular flexibility index (Phi) is 5.77. The lowest BCUT2D eigenvalue weighted by atomic mass is 10.0. The minimum atomic E-state index is 0.199. The molecule has 0 aliphatic rings. The second kappa shape index (κ2) is 7.58. The summed E-state index contributed by atoms with van der Waals surface area (Å²) in [5, 5.41) is 4.42. The number of nitrogens with one attached hydrogen (secondary N) is 1. The first-order valence-electron chi connectivity index (χ1n) is 7.51. The van der Waals surface area contributed by atoms with Crippen molar-refractivity contribution in [3.8, 4) is 0 Å². The van der Waals surface area contributed by atoms with Gasteiger partial charge < -0.3 is 5.32 Å². The fourth-order valence-electron chi connectivity index (χ4n) is 2.39. The Labute approximate surface area is 132 Å². The molecule has 0 aliphatic heterocycles. The summed E-state index contributed by atoms with van der Waals surface area (Å²) in [6.45, 7) is 7.31. The predicted octanol–water partition coefficient (Wildman–Crippen LogP) is 4.64. The molecule has 0 aliphatic carbocycles. The van der Waals surface area contributed by atoms with Gasteiger partial charge in [-0.3, -0.25) is 4.98 Å². The molecule has 2 nitrogen and oxygen atoms in total. The number of aromatic nitrogens is 1. The van der Waals surface area contributed by atoms with Gasteiger partial charge in [-0.05, 0) is 68.1 Å². The molecule has 0 amide bonds. The molecule has 1 aromatic heterocycles. The molecule has 0 radical (unpaired) electrons. The van der Waals surface area contributed by atoms with Crippen LogP contribution in [0, 0.1) is 13.8 Å². The standard InChI is InChI=1S/C18H23ClN2/c1-4-8-20-18(17-11-14(3)7-9-21-17)12-15-6-5-13(2)10-16(15)19/h5-7,9-11,18,20H,4,8,12H2,1-3H3. The van der Waals surface area contributed by atoms with Crippen molar-refractivity contribution in [1.82, 2.24) is 10.3 Å². The Morgan fingerprint density at radius 2 is 1.90 bits per heavy atom. The monoisotopic (exact) mass is 302 g/mol. The smallest absolute Gasteiger partial charge is 0.0579 e. The first kappa shape index (κ1) is 16.0. The van der Waals surface area contributed by atoms with Crippen molar-refractivity contribution in [3.05, 3.63) is 63.9 Å². The van der Waals surface area contributed by atoms with E-state index in [2.05, 4.69) is 49.3 Å². The van der Waals surface area contributed by atoms with Gasteiger partial charge in [-0.2, -0.15) is 0 Å². The molecule has 112 valence electrons. The first-order chi connectivity index (χ1) is 10.1. The van der Waals surface area contributed by atoms with E-state index < -0.39 is 0 Å². The van der Waals surface area contributed by atoms with E-state index in [4.69, 9.17) is 11.6 Å². The van der Waals surface area contributed by atoms with Crippen LogP contribution < -0.4 is 5.32 Å². The molecule has 0 spiro atoms. The van der Waals surface area contributed by atoms with E-state index in [1.54, 1.807) is 0 Å². The quantitative estimate of drug-likeness (QED) is 0.841. The maximum Gasteiger partial charge on any atom is 0.0579 e. The molecule has 3 heteroatoms. The zero-order chi connectivity index (χ0) is 15.2. The van der Waals surface area contributed by atoms with Gasteiger partial charge in [0.1, 0.15) is 0 Å². The molecule has 21 heavy (non-hydrogen) atoms. The molecule has 2 aromatic rings. The maximum atomic E-state index is 6.38. The minimum absolute atomic E-state index is 0.199. The van der Waals surface area contributed by atoms with Gasteiger partial charge in [0.15, 0.2) is 0 Å². The lowest BCUT2D eigenvalue weighted by Gasteiger charge is -2.19. The maximum absolute atomic E-state index is 6.38. The van der Waals surface area contributed by atoms with E-state index in [0.29, 0.717) is 0 Å². The average molecular weight is 303 g/mol. The predicted molar refractivity (Wildman–Crippen MR) is 89.9 cm³/mol. The van der Waals surface area contributed by atoms with E-state index in [1.165, 1.54) is 16.7 Å². The van der Waals surface area contributed by atoms with Crippen LogP contribution in [0.2, 0.25) is 5.02 Å². The number of hydrogen-bond acceptors (Lipinski definition) is 2. The highest BCUT2D eigenvalue weighted by atomic mass is 35.5. The fourth-order valence-corrected chi connectivity index (χ4v) is 2.70. The third-order valence-corrected chi connectivity index (χ3v) is 3.92. The van der Waals surface area contributed by atoms with Crippen LogP contribution in [0.25, 0.3) is 0 Å². The van der Waals surface area contributed by atoms with Crippen LogP contribution in [0.15, 0.2) is 36.5 Å². The molecule has 2 rings (SSSR count). The van der Waals surface area contributed by atoms with Crippen LogP contribution in [-0.4, -0.2) is 11.5 Å². The fraction of sp³-hybridized carbons (Fsp3) is 0.389. The SMILES string of the molecule is CCCNC(Cc1ccc(C)cc1Cl)c1cc(C)ccn1. The van der Waals surface area contributed by atoms with Crippen LogP contribution >= 0.6 is 11.6 Å². The molecule has 1 unspecified atom stereocenters. The molecule has 0 bridgehead atoms. The summed E-state index contributed by atoms with van der Waals surface area (Å²) in [5.41, 5.74) is 4.67. The number of hydrogen-bond donors (Lipinski definition) is 1. The second-order valence-corrected chi connectivity index (χ2v) is 5.97. The Hall–Kier alpha value is -1.38. The van der Waals surface area contributed by atoms with Gasteiger partial charge in [0, 0.05) is 11.2 Å². The number of rotatable bonds is 6. The van der Waals surface area contributed by atoms with Crippen LogP contribution in [0.1, 0.15) is 41.8 Å². The molecular weight excluding hydrogens is 280 g/mol. The molecule has 0 fully saturated rings. The molecule has 1 atom stereocenters. The summed E-state index contributed by atoms with van der Waals surface area (Å²) in [6.07, 6.45) is 3.83. The number of nitrogens with zero attached hydrogens (tertiary/aromatic N) is 1. The number of benzene rings is 1. The largest absolute Gasteiger partial charge is 0.308 e. The van der Waals surface area contributed by atoms with Crippen LogP contribution in [0.3, 0.4) is 0 Å². The van der Waals surface area contributed by atoms with Gasteiger partial charge in [-0.15, -0.1) is 0 Å². The summed E-state index contributed by atoms with van der Waals surface area (Å²) < 4.78 is 0. The van der Waals surface area contributed by atoms with Gasteiger partial charge in [0.2, 0.25) is 0 Å². The third kappa shape index (κ3) is 4.55. The third-order valence-electron chi connectivity index (χ3n) is 3.57. The van der Waals surface area contributed by atoms with Crippen molar-refractivity contribution < 1.29 is 0 Å². The van der Waals surface area contributed by atoms with Crippen LogP contribution in [-0.2, 0) is 6.42 Å². The number of pyridine rings is 1. The highest BCUT2D eigenvalue weighted by molar-refractivity contribution is 6.31.